The number of rotatable bonds is 6. The van der Waals surface area contributed by atoms with Crippen molar-refractivity contribution in [1.82, 2.24) is 15.1 Å². The first-order chi connectivity index (χ1) is 11.0. The van der Waals surface area contributed by atoms with Gasteiger partial charge in [0, 0.05) is 30.5 Å². The number of nitrogens with zero attached hydrogens (tertiary/aromatic N) is 2. The smallest absolute Gasteiger partial charge is 0.252 e. The summed E-state index contributed by atoms with van der Waals surface area (Å²) in [6, 6.07) is 5.89. The highest BCUT2D eigenvalue weighted by Crippen LogP contribution is 2.15. The maximum Gasteiger partial charge on any atom is 0.252 e. The summed E-state index contributed by atoms with van der Waals surface area (Å²) >= 11 is 0. The lowest BCUT2D eigenvalue weighted by atomic mass is 10.0. The Morgan fingerprint density at radius 1 is 1.22 bits per heavy atom. The molecule has 1 N–H and O–H groups in total. The number of carbonyl (C=O) groups is 1. The third kappa shape index (κ3) is 3.79. The van der Waals surface area contributed by atoms with Crippen LogP contribution in [0.3, 0.4) is 0 Å². The second-order valence-electron chi connectivity index (χ2n) is 5.81. The van der Waals surface area contributed by atoms with E-state index < -0.39 is 0 Å². The number of nitrogens with one attached hydrogen (secondary N) is 1. The number of aromatic nitrogens is 2. The molecule has 1 aromatic carbocycles. The Balaban J connectivity index is 2.12. The molecule has 0 spiro atoms. The molecule has 0 saturated carbocycles. The highest BCUT2D eigenvalue weighted by molar-refractivity contribution is 5.97. The number of amides is 1. The van der Waals surface area contributed by atoms with Gasteiger partial charge in [0.25, 0.3) is 5.91 Å². The highest BCUT2D eigenvalue weighted by Gasteiger charge is 2.15. The molecule has 0 aliphatic rings. The molecule has 5 heteroatoms. The topological polar surface area (TPSA) is 56.1 Å². The molecule has 0 saturated heterocycles. The lowest BCUT2D eigenvalue weighted by Crippen LogP contribution is -2.25. The molecule has 0 atom stereocenters. The quantitative estimate of drug-likeness (QED) is 0.891. The van der Waals surface area contributed by atoms with E-state index in [1.54, 1.807) is 7.11 Å². The Bertz CT molecular complexity index is 684. The summed E-state index contributed by atoms with van der Waals surface area (Å²) in [4.78, 5) is 12.5. The number of benzene rings is 1. The molecule has 2 aromatic rings. The fraction of sp³-hybridized carbons (Fsp3) is 0.444. The van der Waals surface area contributed by atoms with Crippen molar-refractivity contribution >= 4 is 5.91 Å². The van der Waals surface area contributed by atoms with Crippen LogP contribution in [0.15, 0.2) is 18.2 Å². The third-order valence-corrected chi connectivity index (χ3v) is 4.17. The molecular weight excluding hydrogens is 290 g/mol. The van der Waals surface area contributed by atoms with Crippen molar-refractivity contribution in [1.29, 1.82) is 0 Å². The molecule has 1 heterocycles. The van der Waals surface area contributed by atoms with Crippen LogP contribution in [0.2, 0.25) is 0 Å². The summed E-state index contributed by atoms with van der Waals surface area (Å²) < 4.78 is 7.03. The van der Waals surface area contributed by atoms with Crippen LogP contribution in [0.4, 0.5) is 0 Å². The van der Waals surface area contributed by atoms with Crippen molar-refractivity contribution in [3.05, 3.63) is 51.8 Å². The van der Waals surface area contributed by atoms with Gasteiger partial charge in [0.15, 0.2) is 0 Å². The predicted octanol–water partition coefficient (Wildman–Crippen LogP) is 2.69. The Hall–Kier alpha value is -2.14. The van der Waals surface area contributed by atoms with Gasteiger partial charge in [-0.1, -0.05) is 18.2 Å². The molecule has 5 nitrogen and oxygen atoms in total. The third-order valence-electron chi connectivity index (χ3n) is 4.17. The lowest BCUT2D eigenvalue weighted by Gasteiger charge is -2.11. The number of hydrogen-bond donors (Lipinski definition) is 1. The summed E-state index contributed by atoms with van der Waals surface area (Å²) in [5.74, 6) is -0.0379. The number of aryl methyl sites for hydroxylation is 3. The number of methoxy groups -OCH3 is 1. The van der Waals surface area contributed by atoms with Crippen LogP contribution < -0.4 is 5.32 Å². The maximum absolute atomic E-state index is 12.5. The largest absolute Gasteiger partial charge is 0.383 e. The summed E-state index contributed by atoms with van der Waals surface area (Å²) in [6.45, 7) is 9.73. The van der Waals surface area contributed by atoms with Gasteiger partial charge >= 0.3 is 0 Å². The van der Waals surface area contributed by atoms with Crippen LogP contribution in [0.1, 0.15) is 38.4 Å². The molecular formula is C18H25N3O2. The molecule has 124 valence electrons. The van der Waals surface area contributed by atoms with Gasteiger partial charge < -0.3 is 10.1 Å². The highest BCUT2D eigenvalue weighted by atomic mass is 16.5. The number of hydrogen-bond acceptors (Lipinski definition) is 3. The molecule has 23 heavy (non-hydrogen) atoms. The first-order valence-electron chi connectivity index (χ1n) is 7.82. The van der Waals surface area contributed by atoms with E-state index in [-0.39, 0.29) is 5.91 Å². The fourth-order valence-electron chi connectivity index (χ4n) is 2.81. The summed E-state index contributed by atoms with van der Waals surface area (Å²) in [6.07, 6.45) is 0. The summed E-state index contributed by atoms with van der Waals surface area (Å²) in [5.41, 5.74) is 5.83. The standard InChI is InChI=1S/C18H25N3O2/c1-12-7-6-8-13(2)17(12)18(22)19-11-16-14(3)20-21(15(16)4)9-10-23-5/h6-8H,9-11H2,1-5H3,(H,19,22). The average molecular weight is 315 g/mol. The van der Waals surface area contributed by atoms with Crippen molar-refractivity contribution in [2.75, 3.05) is 13.7 Å². The van der Waals surface area contributed by atoms with Gasteiger partial charge in [-0.25, -0.2) is 0 Å². The number of ether oxygens (including phenoxy) is 1. The van der Waals surface area contributed by atoms with E-state index in [9.17, 15) is 4.79 Å². The van der Waals surface area contributed by atoms with Crippen molar-refractivity contribution in [2.24, 2.45) is 0 Å². The van der Waals surface area contributed by atoms with Crippen molar-refractivity contribution in [2.45, 2.75) is 40.8 Å². The Kier molecular flexibility index (Phi) is 5.55. The van der Waals surface area contributed by atoms with Gasteiger partial charge in [-0.2, -0.15) is 5.10 Å². The van der Waals surface area contributed by atoms with Gasteiger partial charge in [-0.15, -0.1) is 0 Å². The SMILES string of the molecule is COCCn1nc(C)c(CNC(=O)c2c(C)cccc2C)c1C. The Labute approximate surface area is 137 Å². The second kappa shape index (κ2) is 7.42. The van der Waals surface area contributed by atoms with E-state index >= 15 is 0 Å². The van der Waals surface area contributed by atoms with E-state index in [1.807, 2.05) is 50.6 Å². The fourth-order valence-corrected chi connectivity index (χ4v) is 2.81. The van der Waals surface area contributed by atoms with Crippen LogP contribution >= 0.6 is 0 Å². The van der Waals surface area contributed by atoms with Crippen molar-refractivity contribution < 1.29 is 9.53 Å². The van der Waals surface area contributed by atoms with E-state index in [4.69, 9.17) is 4.74 Å². The first kappa shape index (κ1) is 17.2. The molecule has 0 fully saturated rings. The second-order valence-corrected chi connectivity index (χ2v) is 5.81. The van der Waals surface area contributed by atoms with Crippen LogP contribution in [-0.4, -0.2) is 29.4 Å². The van der Waals surface area contributed by atoms with E-state index in [1.165, 1.54) is 0 Å². The minimum Gasteiger partial charge on any atom is -0.383 e. The molecule has 0 aliphatic heterocycles. The molecule has 0 unspecified atom stereocenters. The van der Waals surface area contributed by atoms with Gasteiger partial charge in [0.1, 0.15) is 0 Å². The molecule has 0 bridgehead atoms. The molecule has 2 rings (SSSR count). The van der Waals surface area contributed by atoms with Crippen molar-refractivity contribution in [3.8, 4) is 0 Å². The van der Waals surface area contributed by atoms with Crippen LogP contribution in [0.5, 0.6) is 0 Å². The van der Waals surface area contributed by atoms with E-state index in [0.29, 0.717) is 19.7 Å². The zero-order valence-electron chi connectivity index (χ0n) is 14.6. The van der Waals surface area contributed by atoms with Crippen LogP contribution in [0, 0.1) is 27.7 Å². The lowest BCUT2D eigenvalue weighted by molar-refractivity contribution is 0.0949. The average Bonchev–Trinajstić information content (AvgIpc) is 2.77. The van der Waals surface area contributed by atoms with E-state index in [2.05, 4.69) is 10.4 Å². The van der Waals surface area contributed by atoms with Gasteiger partial charge in [-0.05, 0) is 38.8 Å². The Morgan fingerprint density at radius 3 is 2.48 bits per heavy atom. The molecule has 1 aromatic heterocycles. The van der Waals surface area contributed by atoms with Crippen LogP contribution in [-0.2, 0) is 17.8 Å². The van der Waals surface area contributed by atoms with Crippen molar-refractivity contribution in [3.63, 3.8) is 0 Å². The minimum absolute atomic E-state index is 0.0379. The predicted molar refractivity (Wildman–Crippen MR) is 90.7 cm³/mol. The van der Waals surface area contributed by atoms with E-state index in [0.717, 1.165) is 33.6 Å². The van der Waals surface area contributed by atoms with Gasteiger partial charge in [0.05, 0.1) is 18.8 Å². The summed E-state index contributed by atoms with van der Waals surface area (Å²) in [7, 11) is 1.68. The zero-order valence-corrected chi connectivity index (χ0v) is 14.6. The minimum atomic E-state index is -0.0379. The normalized spacial score (nSPS) is 10.8. The van der Waals surface area contributed by atoms with Gasteiger partial charge in [0.2, 0.25) is 0 Å². The molecule has 0 radical (unpaired) electrons. The van der Waals surface area contributed by atoms with Crippen LogP contribution in [0.25, 0.3) is 0 Å². The first-order valence-corrected chi connectivity index (χ1v) is 7.82. The molecule has 1 amide bonds. The number of carbonyl (C=O) groups excluding carboxylic acids is 1. The summed E-state index contributed by atoms with van der Waals surface area (Å²) in [5, 5.41) is 7.54. The zero-order chi connectivity index (χ0) is 17.0. The van der Waals surface area contributed by atoms with Gasteiger partial charge in [-0.3, -0.25) is 9.48 Å². The Morgan fingerprint density at radius 2 is 1.87 bits per heavy atom. The monoisotopic (exact) mass is 315 g/mol. The molecule has 0 aliphatic carbocycles. The maximum atomic E-state index is 12.5.